The molecule has 1 amide bonds. The fourth-order valence-electron chi connectivity index (χ4n) is 4.16. The summed E-state index contributed by atoms with van der Waals surface area (Å²) in [5.41, 5.74) is 2.29. The van der Waals surface area contributed by atoms with E-state index in [2.05, 4.69) is 40.7 Å². The SMILES string of the molecule is Cn1cc(N2CC[C@H](N[C@@H]3CCC[C@@H]3c3ccccc3)C2=O)cn1. The van der Waals surface area contributed by atoms with E-state index in [9.17, 15) is 4.79 Å². The van der Waals surface area contributed by atoms with E-state index in [1.807, 2.05) is 18.1 Å². The first-order valence-corrected chi connectivity index (χ1v) is 8.83. The van der Waals surface area contributed by atoms with Crippen LogP contribution in [0.25, 0.3) is 0 Å². The smallest absolute Gasteiger partial charge is 0.244 e. The molecule has 2 aromatic rings. The Morgan fingerprint density at radius 2 is 2.00 bits per heavy atom. The second kappa shape index (κ2) is 6.40. The minimum atomic E-state index is -0.0699. The number of nitrogens with one attached hydrogen (secondary N) is 1. The minimum Gasteiger partial charge on any atom is -0.308 e. The molecule has 5 heteroatoms. The highest BCUT2D eigenvalue weighted by atomic mass is 16.2. The summed E-state index contributed by atoms with van der Waals surface area (Å²) < 4.78 is 1.74. The summed E-state index contributed by atoms with van der Waals surface area (Å²) in [6, 6.07) is 11.0. The topological polar surface area (TPSA) is 50.2 Å². The third-order valence-corrected chi connectivity index (χ3v) is 5.37. The molecule has 0 unspecified atom stereocenters. The van der Waals surface area contributed by atoms with Crippen molar-refractivity contribution in [3.05, 3.63) is 48.3 Å². The number of amides is 1. The van der Waals surface area contributed by atoms with Crippen molar-refractivity contribution in [1.82, 2.24) is 15.1 Å². The quantitative estimate of drug-likeness (QED) is 0.940. The van der Waals surface area contributed by atoms with Gasteiger partial charge < -0.3 is 10.2 Å². The van der Waals surface area contributed by atoms with Crippen LogP contribution in [0.4, 0.5) is 5.69 Å². The van der Waals surface area contributed by atoms with Gasteiger partial charge in [-0.15, -0.1) is 0 Å². The Bertz CT molecular complexity index is 711. The van der Waals surface area contributed by atoms with Crippen molar-refractivity contribution in [2.45, 2.75) is 43.7 Å². The van der Waals surface area contributed by atoms with Gasteiger partial charge in [0, 0.05) is 25.8 Å². The lowest BCUT2D eigenvalue weighted by molar-refractivity contribution is -0.119. The van der Waals surface area contributed by atoms with Gasteiger partial charge in [0.15, 0.2) is 0 Å². The van der Waals surface area contributed by atoms with E-state index in [1.165, 1.54) is 18.4 Å². The number of carbonyl (C=O) groups is 1. The molecule has 1 aliphatic heterocycles. The van der Waals surface area contributed by atoms with Crippen molar-refractivity contribution >= 4 is 11.6 Å². The molecule has 2 aliphatic rings. The zero-order valence-corrected chi connectivity index (χ0v) is 14.1. The maximum absolute atomic E-state index is 12.8. The molecule has 0 bridgehead atoms. The van der Waals surface area contributed by atoms with Gasteiger partial charge in [-0.1, -0.05) is 36.8 Å². The van der Waals surface area contributed by atoms with E-state index in [-0.39, 0.29) is 11.9 Å². The molecule has 5 nitrogen and oxygen atoms in total. The third kappa shape index (κ3) is 2.84. The summed E-state index contributed by atoms with van der Waals surface area (Å²) in [5.74, 6) is 0.702. The van der Waals surface area contributed by atoms with Crippen LogP contribution in [-0.2, 0) is 11.8 Å². The number of rotatable bonds is 4. The first kappa shape index (κ1) is 15.4. The second-order valence-electron chi connectivity index (χ2n) is 6.92. The van der Waals surface area contributed by atoms with Crippen LogP contribution < -0.4 is 10.2 Å². The molecular weight excluding hydrogens is 300 g/mol. The number of hydrogen-bond donors (Lipinski definition) is 1. The Balaban J connectivity index is 1.45. The molecule has 2 fully saturated rings. The molecule has 1 aromatic heterocycles. The van der Waals surface area contributed by atoms with Crippen LogP contribution >= 0.6 is 0 Å². The monoisotopic (exact) mass is 324 g/mol. The Morgan fingerprint density at radius 1 is 1.17 bits per heavy atom. The van der Waals surface area contributed by atoms with Gasteiger partial charge in [-0.3, -0.25) is 9.48 Å². The Labute approximate surface area is 142 Å². The third-order valence-electron chi connectivity index (χ3n) is 5.37. The lowest BCUT2D eigenvalue weighted by Crippen LogP contribution is -2.44. The van der Waals surface area contributed by atoms with Crippen molar-refractivity contribution in [2.24, 2.45) is 7.05 Å². The summed E-state index contributed by atoms with van der Waals surface area (Å²) in [7, 11) is 1.88. The summed E-state index contributed by atoms with van der Waals surface area (Å²) >= 11 is 0. The number of hydrogen-bond acceptors (Lipinski definition) is 3. The van der Waals surface area contributed by atoms with E-state index in [0.29, 0.717) is 12.0 Å². The lowest BCUT2D eigenvalue weighted by Gasteiger charge is -2.24. The molecular formula is C19H24N4O. The molecule has 1 saturated carbocycles. The summed E-state index contributed by atoms with van der Waals surface area (Å²) in [6.45, 7) is 0.769. The summed E-state index contributed by atoms with van der Waals surface area (Å²) in [6.07, 6.45) is 8.12. The lowest BCUT2D eigenvalue weighted by atomic mass is 9.93. The molecule has 4 rings (SSSR count). The predicted molar refractivity (Wildman–Crippen MR) is 93.9 cm³/mol. The fraction of sp³-hybridized carbons (Fsp3) is 0.474. The Morgan fingerprint density at radius 3 is 2.75 bits per heavy atom. The number of anilines is 1. The standard InChI is InChI=1S/C19H24N4O/c1-22-13-15(12-20-22)23-11-10-18(19(23)24)21-17-9-5-8-16(17)14-6-3-2-4-7-14/h2-4,6-7,12-13,16-18,21H,5,8-11H2,1H3/t16-,17-,18+/m1/s1. The van der Waals surface area contributed by atoms with Crippen molar-refractivity contribution < 1.29 is 4.79 Å². The highest BCUT2D eigenvalue weighted by Crippen LogP contribution is 2.35. The van der Waals surface area contributed by atoms with E-state index < -0.39 is 0 Å². The van der Waals surface area contributed by atoms with Crippen LogP contribution in [0.15, 0.2) is 42.7 Å². The van der Waals surface area contributed by atoms with Crippen LogP contribution in [0, 0.1) is 0 Å². The molecule has 3 atom stereocenters. The van der Waals surface area contributed by atoms with Gasteiger partial charge in [0.05, 0.1) is 17.9 Å². The zero-order valence-electron chi connectivity index (χ0n) is 14.1. The van der Waals surface area contributed by atoms with Crippen molar-refractivity contribution in [1.29, 1.82) is 0 Å². The Kier molecular flexibility index (Phi) is 4.10. The van der Waals surface area contributed by atoms with Crippen LogP contribution in [0.5, 0.6) is 0 Å². The zero-order chi connectivity index (χ0) is 16.5. The highest BCUT2D eigenvalue weighted by Gasteiger charge is 2.37. The molecule has 1 saturated heterocycles. The van der Waals surface area contributed by atoms with Gasteiger partial charge in [0.2, 0.25) is 5.91 Å². The van der Waals surface area contributed by atoms with Gasteiger partial charge in [-0.25, -0.2) is 0 Å². The number of aromatic nitrogens is 2. The number of aryl methyl sites for hydroxylation is 1. The maximum Gasteiger partial charge on any atom is 0.244 e. The van der Waals surface area contributed by atoms with Crippen LogP contribution in [0.3, 0.4) is 0 Å². The maximum atomic E-state index is 12.8. The first-order valence-electron chi connectivity index (χ1n) is 8.83. The number of benzene rings is 1. The average molecular weight is 324 g/mol. The summed E-state index contributed by atoms with van der Waals surface area (Å²) in [4.78, 5) is 14.6. The average Bonchev–Trinajstić information content (AvgIpc) is 3.31. The van der Waals surface area contributed by atoms with E-state index in [1.54, 1.807) is 10.9 Å². The fourth-order valence-corrected chi connectivity index (χ4v) is 4.16. The van der Waals surface area contributed by atoms with Crippen molar-refractivity contribution in [3.63, 3.8) is 0 Å². The summed E-state index contributed by atoms with van der Waals surface area (Å²) in [5, 5.41) is 7.84. The molecule has 1 N–H and O–H groups in total. The van der Waals surface area contributed by atoms with Gasteiger partial charge in [-0.2, -0.15) is 5.10 Å². The number of nitrogens with zero attached hydrogens (tertiary/aromatic N) is 3. The highest BCUT2D eigenvalue weighted by molar-refractivity contribution is 5.99. The molecule has 24 heavy (non-hydrogen) atoms. The molecule has 0 spiro atoms. The first-order chi connectivity index (χ1) is 11.7. The van der Waals surface area contributed by atoms with Gasteiger partial charge in [0.1, 0.15) is 0 Å². The van der Waals surface area contributed by atoms with E-state index in [0.717, 1.165) is 25.1 Å². The predicted octanol–water partition coefficient (Wildman–Crippen LogP) is 2.45. The largest absolute Gasteiger partial charge is 0.308 e. The van der Waals surface area contributed by atoms with Crippen LogP contribution in [-0.4, -0.2) is 34.3 Å². The van der Waals surface area contributed by atoms with Crippen LogP contribution in [0.2, 0.25) is 0 Å². The molecule has 2 heterocycles. The van der Waals surface area contributed by atoms with Gasteiger partial charge in [0.25, 0.3) is 0 Å². The minimum absolute atomic E-state index is 0.0699. The number of carbonyl (C=O) groups excluding carboxylic acids is 1. The second-order valence-corrected chi connectivity index (χ2v) is 6.92. The van der Waals surface area contributed by atoms with Crippen molar-refractivity contribution in [2.75, 3.05) is 11.4 Å². The molecule has 126 valence electrons. The molecule has 1 aromatic carbocycles. The van der Waals surface area contributed by atoms with Crippen molar-refractivity contribution in [3.8, 4) is 0 Å². The van der Waals surface area contributed by atoms with Gasteiger partial charge in [-0.05, 0) is 30.7 Å². The van der Waals surface area contributed by atoms with E-state index >= 15 is 0 Å². The van der Waals surface area contributed by atoms with Crippen LogP contribution in [0.1, 0.15) is 37.2 Å². The molecule has 0 radical (unpaired) electrons. The Hall–Kier alpha value is -2.14. The van der Waals surface area contributed by atoms with Gasteiger partial charge >= 0.3 is 0 Å². The van der Waals surface area contributed by atoms with E-state index in [4.69, 9.17) is 0 Å². The molecule has 1 aliphatic carbocycles. The normalized spacial score (nSPS) is 27.1.